The van der Waals surface area contributed by atoms with Gasteiger partial charge in [0.1, 0.15) is 30.0 Å². The van der Waals surface area contributed by atoms with Crippen LogP contribution in [0, 0.1) is 18.6 Å². The number of hydrogen-bond donors (Lipinski definition) is 1. The van der Waals surface area contributed by atoms with E-state index in [2.05, 4.69) is 10.3 Å². The summed E-state index contributed by atoms with van der Waals surface area (Å²) in [5, 5.41) is 8.27. The van der Waals surface area contributed by atoms with Crippen LogP contribution < -0.4 is 5.73 Å². The third-order valence-corrected chi connectivity index (χ3v) is 5.64. The summed E-state index contributed by atoms with van der Waals surface area (Å²) < 4.78 is 53.7. The van der Waals surface area contributed by atoms with Crippen molar-refractivity contribution in [1.82, 2.24) is 15.0 Å². The van der Waals surface area contributed by atoms with Crippen LogP contribution in [0.15, 0.2) is 18.3 Å². The Hall–Kier alpha value is -1.98. The molecule has 2 aliphatic rings. The fourth-order valence-corrected chi connectivity index (χ4v) is 4.10. The highest BCUT2D eigenvalue weighted by Gasteiger charge is 2.52. The molecular formula is C20H26F2N4O4. The summed E-state index contributed by atoms with van der Waals surface area (Å²) in [6, 6.07) is 2.54. The van der Waals surface area contributed by atoms with Crippen molar-refractivity contribution in [1.29, 1.82) is 0 Å². The van der Waals surface area contributed by atoms with Crippen molar-refractivity contribution < 1.29 is 27.7 Å². The van der Waals surface area contributed by atoms with Crippen molar-refractivity contribution in [2.24, 2.45) is 5.73 Å². The highest BCUT2D eigenvalue weighted by Crippen LogP contribution is 2.39. The van der Waals surface area contributed by atoms with Gasteiger partial charge >= 0.3 is 0 Å². The Morgan fingerprint density at radius 3 is 2.77 bits per heavy atom. The quantitative estimate of drug-likeness (QED) is 0.802. The number of methoxy groups -OCH3 is 1. The molecule has 4 rings (SSSR count). The van der Waals surface area contributed by atoms with Crippen molar-refractivity contribution in [3.63, 3.8) is 0 Å². The first kappa shape index (κ1) is 21.3. The topological polar surface area (TPSA) is 93.7 Å². The van der Waals surface area contributed by atoms with Crippen LogP contribution in [0.4, 0.5) is 8.78 Å². The summed E-state index contributed by atoms with van der Waals surface area (Å²) >= 11 is 0. The molecule has 3 heterocycles. The minimum Gasteiger partial charge on any atom is -0.376 e. The normalized spacial score (nSPS) is 30.8. The number of fused-ring (bicyclic) bond motifs is 1. The first-order valence-electron chi connectivity index (χ1n) is 9.82. The van der Waals surface area contributed by atoms with Gasteiger partial charge in [-0.15, -0.1) is 5.10 Å². The lowest BCUT2D eigenvalue weighted by atomic mass is 9.91. The molecule has 0 radical (unpaired) electrons. The number of hydrogen-bond acceptors (Lipinski definition) is 7. The van der Waals surface area contributed by atoms with Gasteiger partial charge in [0.15, 0.2) is 17.4 Å². The van der Waals surface area contributed by atoms with Gasteiger partial charge in [-0.2, -0.15) is 0 Å². The van der Waals surface area contributed by atoms with E-state index in [1.165, 1.54) is 19.1 Å². The van der Waals surface area contributed by atoms with Gasteiger partial charge in [0.05, 0.1) is 18.9 Å². The molecule has 1 aromatic carbocycles. The van der Waals surface area contributed by atoms with Crippen molar-refractivity contribution in [2.45, 2.75) is 57.0 Å². The van der Waals surface area contributed by atoms with Crippen molar-refractivity contribution in [2.75, 3.05) is 20.3 Å². The number of benzene rings is 1. The van der Waals surface area contributed by atoms with Gasteiger partial charge in [0.2, 0.25) is 0 Å². The van der Waals surface area contributed by atoms with E-state index in [9.17, 15) is 8.78 Å². The van der Waals surface area contributed by atoms with Crippen molar-refractivity contribution >= 4 is 0 Å². The van der Waals surface area contributed by atoms with Gasteiger partial charge in [-0.05, 0) is 32.4 Å². The predicted octanol–water partition coefficient (Wildman–Crippen LogP) is 1.97. The molecule has 30 heavy (non-hydrogen) atoms. The van der Waals surface area contributed by atoms with Gasteiger partial charge in [-0.25, -0.2) is 13.5 Å². The van der Waals surface area contributed by atoms with Crippen LogP contribution in [0.25, 0.3) is 11.3 Å². The lowest BCUT2D eigenvalue weighted by Gasteiger charge is -2.50. The fraction of sp³-hybridized carbons (Fsp3) is 0.600. The fourth-order valence-electron chi connectivity index (χ4n) is 4.10. The van der Waals surface area contributed by atoms with Crippen molar-refractivity contribution in [3.8, 4) is 11.3 Å². The second-order valence-corrected chi connectivity index (χ2v) is 8.07. The molecule has 1 aromatic heterocycles. The molecule has 2 saturated heterocycles. The van der Waals surface area contributed by atoms with E-state index in [0.717, 1.165) is 0 Å². The number of rotatable bonds is 4. The highest BCUT2D eigenvalue weighted by atomic mass is 19.2. The van der Waals surface area contributed by atoms with E-state index >= 15 is 0 Å². The maximum absolute atomic E-state index is 14.5. The molecule has 2 N–H and O–H groups in total. The zero-order valence-electron chi connectivity index (χ0n) is 17.3. The summed E-state index contributed by atoms with van der Waals surface area (Å²) in [4.78, 5) is 0. The summed E-state index contributed by atoms with van der Waals surface area (Å²) in [7, 11) is 1.56. The molecular weight excluding hydrogens is 398 g/mol. The SMILES string of the molecule is CO[C@@H]1[C@@H](n2cc(-c3ccc(C)c(F)c3F)nn2)[C@H]2OC(C)(C)OC[C@H]2O[C@@H]1CN. The monoisotopic (exact) mass is 424 g/mol. The van der Waals surface area contributed by atoms with Gasteiger partial charge in [-0.1, -0.05) is 11.3 Å². The Balaban J connectivity index is 1.74. The maximum Gasteiger partial charge on any atom is 0.168 e. The molecule has 2 aliphatic heterocycles. The number of nitrogens with zero attached hydrogens (tertiary/aromatic N) is 3. The van der Waals surface area contributed by atoms with Crippen molar-refractivity contribution in [3.05, 3.63) is 35.5 Å². The number of aryl methyl sites for hydroxylation is 1. The van der Waals surface area contributed by atoms with Crippen LogP contribution in [-0.2, 0) is 18.9 Å². The number of halogens is 2. The molecule has 164 valence electrons. The van der Waals surface area contributed by atoms with E-state index < -0.39 is 41.8 Å². The molecule has 0 bridgehead atoms. The molecule has 0 saturated carbocycles. The smallest absolute Gasteiger partial charge is 0.168 e. The largest absolute Gasteiger partial charge is 0.376 e. The van der Waals surface area contributed by atoms with E-state index in [1.807, 2.05) is 13.8 Å². The molecule has 0 aliphatic carbocycles. The molecule has 8 nitrogen and oxygen atoms in total. The summed E-state index contributed by atoms with van der Waals surface area (Å²) in [6.07, 6.45) is -0.193. The van der Waals surface area contributed by atoms with E-state index in [4.69, 9.17) is 24.7 Å². The Bertz CT molecular complexity index is 922. The standard InChI is InChI=1S/C20H26F2N4O4/c1-10-5-6-11(16(22)15(10)21)12-8-26(25-24-12)17-18(27-4)13(7-23)29-14-9-28-20(2,3)30-19(14)17/h5-6,8,13-14,17-19H,7,9,23H2,1-4H3/t13-,14-,17-,18+,19+/m1/s1. The molecule has 5 atom stereocenters. The van der Waals surface area contributed by atoms with E-state index in [1.54, 1.807) is 18.0 Å². The van der Waals surface area contributed by atoms with Crippen LogP contribution >= 0.6 is 0 Å². The Morgan fingerprint density at radius 1 is 1.30 bits per heavy atom. The number of ether oxygens (including phenoxy) is 4. The van der Waals surface area contributed by atoms with Gasteiger partial charge < -0.3 is 24.7 Å². The molecule has 2 aromatic rings. The van der Waals surface area contributed by atoms with Crippen LogP contribution in [0.2, 0.25) is 0 Å². The van der Waals surface area contributed by atoms with Crippen LogP contribution in [0.1, 0.15) is 25.5 Å². The molecule has 2 fully saturated rings. The Labute approximate surface area is 173 Å². The minimum atomic E-state index is -0.960. The van der Waals surface area contributed by atoms with Gasteiger partial charge in [0, 0.05) is 19.2 Å². The van der Waals surface area contributed by atoms with Crippen LogP contribution in [0.3, 0.4) is 0 Å². The Morgan fingerprint density at radius 2 is 2.07 bits per heavy atom. The summed E-state index contributed by atoms with van der Waals surface area (Å²) in [6.45, 7) is 5.67. The average Bonchev–Trinajstić information content (AvgIpc) is 3.19. The first-order chi connectivity index (χ1) is 14.3. The van der Waals surface area contributed by atoms with E-state index in [-0.39, 0.29) is 29.5 Å². The maximum atomic E-state index is 14.5. The minimum absolute atomic E-state index is 0.0329. The molecule has 0 spiro atoms. The predicted molar refractivity (Wildman–Crippen MR) is 103 cm³/mol. The lowest BCUT2D eigenvalue weighted by molar-refractivity contribution is -0.348. The lowest BCUT2D eigenvalue weighted by Crippen LogP contribution is -2.63. The zero-order chi connectivity index (χ0) is 21.6. The summed E-state index contributed by atoms with van der Waals surface area (Å²) in [5.41, 5.74) is 6.37. The van der Waals surface area contributed by atoms with Gasteiger partial charge in [0.25, 0.3) is 0 Å². The molecule has 0 amide bonds. The zero-order valence-corrected chi connectivity index (χ0v) is 17.3. The third kappa shape index (κ3) is 3.63. The van der Waals surface area contributed by atoms with Crippen LogP contribution in [-0.4, -0.2) is 65.5 Å². The second kappa shape index (κ2) is 7.93. The second-order valence-electron chi connectivity index (χ2n) is 8.07. The number of nitrogens with two attached hydrogens (primary N) is 1. The molecule has 0 unspecified atom stereocenters. The Kier molecular flexibility index (Phi) is 5.62. The van der Waals surface area contributed by atoms with Crippen LogP contribution in [0.5, 0.6) is 0 Å². The number of aromatic nitrogens is 3. The third-order valence-electron chi connectivity index (χ3n) is 5.64. The summed E-state index contributed by atoms with van der Waals surface area (Å²) in [5.74, 6) is -2.69. The van der Waals surface area contributed by atoms with Gasteiger partial charge in [-0.3, -0.25) is 0 Å². The molecule has 10 heteroatoms. The highest BCUT2D eigenvalue weighted by molar-refractivity contribution is 5.59. The first-order valence-corrected chi connectivity index (χ1v) is 9.82. The van der Waals surface area contributed by atoms with E-state index in [0.29, 0.717) is 6.61 Å². The average molecular weight is 424 g/mol.